The van der Waals surface area contributed by atoms with Gasteiger partial charge < -0.3 is 15.0 Å². The fourth-order valence-electron chi connectivity index (χ4n) is 1.54. The van der Waals surface area contributed by atoms with E-state index in [1.54, 1.807) is 18.0 Å². The summed E-state index contributed by atoms with van der Waals surface area (Å²) in [6.07, 6.45) is 1.57. The summed E-state index contributed by atoms with van der Waals surface area (Å²) in [5, 5.41) is 7.75. The molecule has 2 aromatic rings. The zero-order valence-electron chi connectivity index (χ0n) is 9.43. The molecule has 1 heterocycles. The zero-order valence-corrected chi connectivity index (χ0v) is 9.43. The number of ether oxygens (including phenoxy) is 1. The van der Waals surface area contributed by atoms with E-state index in [1.165, 1.54) is 18.2 Å². The highest BCUT2D eigenvalue weighted by Crippen LogP contribution is 2.24. The fourth-order valence-corrected chi connectivity index (χ4v) is 1.54. The molecule has 0 unspecified atom stereocenters. The molecule has 0 radical (unpaired) electrons. The van der Waals surface area contributed by atoms with E-state index >= 15 is 0 Å². The van der Waals surface area contributed by atoms with Crippen LogP contribution in [0.2, 0.25) is 0 Å². The van der Waals surface area contributed by atoms with Gasteiger partial charge in [0.2, 0.25) is 0 Å². The third-order valence-corrected chi connectivity index (χ3v) is 2.41. The number of nitrogen functional groups attached to an aromatic ring is 1. The number of benzene rings is 1. The van der Waals surface area contributed by atoms with E-state index in [1.807, 2.05) is 0 Å². The predicted octanol–water partition coefficient (Wildman–Crippen LogP) is 1.31. The van der Waals surface area contributed by atoms with E-state index in [0.29, 0.717) is 30.2 Å². The number of nitrogens with zero attached hydrogens (tertiary/aromatic N) is 3. The van der Waals surface area contributed by atoms with Gasteiger partial charge in [0.05, 0.1) is 6.61 Å². The van der Waals surface area contributed by atoms with E-state index in [0.717, 1.165) is 0 Å². The van der Waals surface area contributed by atoms with Crippen LogP contribution in [0.3, 0.4) is 0 Å². The van der Waals surface area contributed by atoms with Gasteiger partial charge in [0.25, 0.3) is 0 Å². The molecular weight excluding hydrogens is 223 g/mol. The lowest BCUT2D eigenvalue weighted by Gasteiger charge is -2.08. The van der Waals surface area contributed by atoms with Crippen molar-refractivity contribution in [3.05, 3.63) is 30.3 Å². The van der Waals surface area contributed by atoms with Crippen molar-refractivity contribution >= 4 is 5.69 Å². The van der Waals surface area contributed by atoms with Gasteiger partial charge in [-0.3, -0.25) is 0 Å². The van der Waals surface area contributed by atoms with Crippen LogP contribution >= 0.6 is 0 Å². The Balaban J connectivity index is 2.38. The van der Waals surface area contributed by atoms with Crippen molar-refractivity contribution in [1.82, 2.24) is 14.8 Å². The number of rotatable bonds is 4. The van der Waals surface area contributed by atoms with Crippen LogP contribution in [-0.4, -0.2) is 28.5 Å². The molecule has 0 amide bonds. The third kappa shape index (κ3) is 2.42. The summed E-state index contributed by atoms with van der Waals surface area (Å²) >= 11 is 0. The summed E-state index contributed by atoms with van der Waals surface area (Å²) in [7, 11) is 1.61. The number of hydrogen-bond donors (Lipinski definition) is 1. The van der Waals surface area contributed by atoms with Crippen LogP contribution in [0.1, 0.15) is 0 Å². The van der Waals surface area contributed by atoms with Crippen LogP contribution in [0.15, 0.2) is 24.5 Å². The molecule has 90 valence electrons. The average Bonchev–Trinajstić information content (AvgIpc) is 2.77. The zero-order chi connectivity index (χ0) is 12.3. The molecule has 2 N–H and O–H groups in total. The minimum Gasteiger partial charge on any atom is -0.398 e. The number of halogens is 1. The Morgan fingerprint density at radius 2 is 2.29 bits per heavy atom. The number of nitrogens with two attached hydrogens (primary N) is 1. The molecular formula is C11H13FN4O. The maximum atomic E-state index is 13.2. The van der Waals surface area contributed by atoms with Gasteiger partial charge in [-0.25, -0.2) is 4.39 Å². The lowest BCUT2D eigenvalue weighted by molar-refractivity contribution is 0.187. The molecule has 0 spiro atoms. The van der Waals surface area contributed by atoms with Gasteiger partial charge in [-0.15, -0.1) is 10.2 Å². The van der Waals surface area contributed by atoms with Crippen molar-refractivity contribution in [2.24, 2.45) is 0 Å². The largest absolute Gasteiger partial charge is 0.398 e. The van der Waals surface area contributed by atoms with E-state index in [9.17, 15) is 4.39 Å². The minimum atomic E-state index is -0.351. The maximum absolute atomic E-state index is 13.2. The lowest BCUT2D eigenvalue weighted by atomic mass is 10.1. The molecule has 5 nitrogen and oxygen atoms in total. The molecule has 17 heavy (non-hydrogen) atoms. The second-order valence-electron chi connectivity index (χ2n) is 3.57. The van der Waals surface area contributed by atoms with Gasteiger partial charge in [0.1, 0.15) is 12.1 Å². The van der Waals surface area contributed by atoms with Gasteiger partial charge in [0.15, 0.2) is 5.82 Å². The smallest absolute Gasteiger partial charge is 0.166 e. The maximum Gasteiger partial charge on any atom is 0.166 e. The first-order valence-corrected chi connectivity index (χ1v) is 5.14. The summed E-state index contributed by atoms with van der Waals surface area (Å²) in [4.78, 5) is 0. The van der Waals surface area contributed by atoms with Crippen LogP contribution in [-0.2, 0) is 11.3 Å². The molecule has 6 heteroatoms. The molecule has 0 aliphatic heterocycles. The van der Waals surface area contributed by atoms with E-state index < -0.39 is 0 Å². The van der Waals surface area contributed by atoms with Crippen molar-refractivity contribution in [2.45, 2.75) is 6.54 Å². The number of aromatic nitrogens is 3. The fraction of sp³-hybridized carbons (Fsp3) is 0.273. The first-order chi connectivity index (χ1) is 8.22. The molecule has 0 saturated heterocycles. The summed E-state index contributed by atoms with van der Waals surface area (Å²) in [6.45, 7) is 1.12. The van der Waals surface area contributed by atoms with Crippen molar-refractivity contribution in [1.29, 1.82) is 0 Å². The van der Waals surface area contributed by atoms with Crippen LogP contribution < -0.4 is 5.73 Å². The van der Waals surface area contributed by atoms with Crippen LogP contribution in [0.4, 0.5) is 10.1 Å². The molecule has 0 saturated carbocycles. The van der Waals surface area contributed by atoms with Crippen LogP contribution in [0, 0.1) is 5.82 Å². The molecule has 1 aromatic carbocycles. The summed E-state index contributed by atoms with van der Waals surface area (Å²) in [6, 6.07) is 4.18. The summed E-state index contributed by atoms with van der Waals surface area (Å²) < 4.78 is 19.9. The molecule has 1 aromatic heterocycles. The second kappa shape index (κ2) is 4.92. The van der Waals surface area contributed by atoms with E-state index in [2.05, 4.69) is 10.2 Å². The topological polar surface area (TPSA) is 66.0 Å². The number of hydrogen-bond acceptors (Lipinski definition) is 4. The quantitative estimate of drug-likeness (QED) is 0.813. The Labute approximate surface area is 98.0 Å². The predicted molar refractivity (Wildman–Crippen MR) is 61.7 cm³/mol. The molecule has 0 fully saturated rings. The Hall–Kier alpha value is -1.95. The van der Waals surface area contributed by atoms with Crippen LogP contribution in [0.5, 0.6) is 0 Å². The van der Waals surface area contributed by atoms with Crippen LogP contribution in [0.25, 0.3) is 11.4 Å². The van der Waals surface area contributed by atoms with Crippen molar-refractivity contribution in [3.8, 4) is 11.4 Å². The highest BCUT2D eigenvalue weighted by atomic mass is 19.1. The van der Waals surface area contributed by atoms with Crippen molar-refractivity contribution < 1.29 is 9.13 Å². The normalized spacial score (nSPS) is 10.7. The molecule has 0 aliphatic rings. The number of anilines is 1. The highest BCUT2D eigenvalue weighted by molar-refractivity contribution is 5.71. The molecule has 0 aliphatic carbocycles. The van der Waals surface area contributed by atoms with Gasteiger partial charge in [-0.05, 0) is 18.2 Å². The van der Waals surface area contributed by atoms with E-state index in [-0.39, 0.29) is 5.82 Å². The molecule has 0 bridgehead atoms. The SMILES string of the molecule is COCCn1cnnc1-c1cc(F)ccc1N. The van der Waals surface area contributed by atoms with Gasteiger partial charge in [0, 0.05) is 24.9 Å². The highest BCUT2D eigenvalue weighted by Gasteiger charge is 2.11. The minimum absolute atomic E-state index is 0.351. The summed E-state index contributed by atoms with van der Waals surface area (Å²) in [5.41, 5.74) is 6.81. The first-order valence-electron chi connectivity index (χ1n) is 5.14. The molecule has 2 rings (SSSR count). The number of methoxy groups -OCH3 is 1. The van der Waals surface area contributed by atoms with Gasteiger partial charge in [-0.2, -0.15) is 0 Å². The summed E-state index contributed by atoms with van der Waals surface area (Å²) in [5.74, 6) is 0.189. The van der Waals surface area contributed by atoms with Crippen molar-refractivity contribution in [3.63, 3.8) is 0 Å². The Bertz CT molecular complexity index is 512. The van der Waals surface area contributed by atoms with Gasteiger partial charge >= 0.3 is 0 Å². The first kappa shape index (κ1) is 11.5. The average molecular weight is 236 g/mol. The monoisotopic (exact) mass is 236 g/mol. The lowest BCUT2D eigenvalue weighted by Crippen LogP contribution is -2.06. The Kier molecular flexibility index (Phi) is 3.34. The van der Waals surface area contributed by atoms with Crippen molar-refractivity contribution in [2.75, 3.05) is 19.5 Å². The Morgan fingerprint density at radius 3 is 3.06 bits per heavy atom. The Morgan fingerprint density at radius 1 is 1.47 bits per heavy atom. The molecule has 0 atom stereocenters. The van der Waals surface area contributed by atoms with E-state index in [4.69, 9.17) is 10.5 Å². The van der Waals surface area contributed by atoms with Gasteiger partial charge in [-0.1, -0.05) is 0 Å². The second-order valence-corrected chi connectivity index (χ2v) is 3.57. The third-order valence-electron chi connectivity index (χ3n) is 2.41. The standard InChI is InChI=1S/C11H13FN4O/c1-17-5-4-16-7-14-15-11(16)9-6-8(12)2-3-10(9)13/h2-3,6-7H,4-5,13H2,1H3.